The van der Waals surface area contributed by atoms with Crippen molar-refractivity contribution in [3.05, 3.63) is 0 Å². The summed E-state index contributed by atoms with van der Waals surface area (Å²) in [6.07, 6.45) is 14.6. The lowest BCUT2D eigenvalue weighted by molar-refractivity contribution is -0.158. The summed E-state index contributed by atoms with van der Waals surface area (Å²) in [7, 11) is 0. The molecular formula is C20H36O2. The zero-order valence-electron chi connectivity index (χ0n) is 15.0. The van der Waals surface area contributed by atoms with Crippen LogP contribution in [0.5, 0.6) is 0 Å². The largest absolute Gasteiger partial charge is 0.462 e. The van der Waals surface area contributed by atoms with Gasteiger partial charge in [0.25, 0.3) is 0 Å². The topological polar surface area (TPSA) is 26.3 Å². The van der Waals surface area contributed by atoms with Gasteiger partial charge < -0.3 is 4.74 Å². The molecule has 128 valence electrons. The number of carbonyl (C=O) groups is 1. The van der Waals surface area contributed by atoms with Crippen LogP contribution in [0.25, 0.3) is 0 Å². The maximum absolute atomic E-state index is 12.4. The minimum absolute atomic E-state index is 0.109. The van der Waals surface area contributed by atoms with Gasteiger partial charge in [-0.15, -0.1) is 0 Å². The lowest BCUT2D eigenvalue weighted by Gasteiger charge is -2.37. The van der Waals surface area contributed by atoms with Crippen LogP contribution in [-0.4, -0.2) is 12.1 Å². The Hall–Kier alpha value is -0.530. The quantitative estimate of drug-likeness (QED) is 0.572. The van der Waals surface area contributed by atoms with Gasteiger partial charge in [-0.25, -0.2) is 0 Å². The van der Waals surface area contributed by atoms with Gasteiger partial charge in [0.2, 0.25) is 0 Å². The molecule has 0 aromatic carbocycles. The van der Waals surface area contributed by atoms with E-state index in [0.717, 1.165) is 31.6 Å². The predicted molar refractivity (Wildman–Crippen MR) is 91.7 cm³/mol. The van der Waals surface area contributed by atoms with Crippen LogP contribution in [0.1, 0.15) is 97.8 Å². The third kappa shape index (κ3) is 4.99. The maximum Gasteiger partial charge on any atom is 0.309 e. The third-order valence-electron chi connectivity index (χ3n) is 6.15. The van der Waals surface area contributed by atoms with Crippen molar-refractivity contribution in [3.63, 3.8) is 0 Å². The summed E-state index contributed by atoms with van der Waals surface area (Å²) >= 11 is 0. The number of hydrogen-bond acceptors (Lipinski definition) is 2. The standard InChI is InChI=1S/C20H36O2/c1-4-6-16-7-9-18(10-8-16)22-19(21)17-11-14-20(3,13-5-2)15-12-17/h16-18H,4-15H2,1-3H3. The molecule has 0 unspecified atom stereocenters. The Labute approximate surface area is 137 Å². The van der Waals surface area contributed by atoms with Gasteiger partial charge in [0, 0.05) is 0 Å². The first kappa shape index (κ1) is 17.8. The van der Waals surface area contributed by atoms with Crippen LogP contribution in [0.4, 0.5) is 0 Å². The molecule has 0 aromatic heterocycles. The van der Waals surface area contributed by atoms with E-state index in [1.165, 1.54) is 51.4 Å². The molecule has 2 rings (SSSR count). The van der Waals surface area contributed by atoms with E-state index in [2.05, 4.69) is 20.8 Å². The molecule has 0 aliphatic heterocycles. The van der Waals surface area contributed by atoms with Crippen LogP contribution in [-0.2, 0) is 9.53 Å². The molecule has 0 heterocycles. The van der Waals surface area contributed by atoms with E-state index in [0.29, 0.717) is 5.41 Å². The molecule has 0 aromatic rings. The average molecular weight is 309 g/mol. The van der Waals surface area contributed by atoms with E-state index < -0.39 is 0 Å². The molecule has 2 saturated carbocycles. The molecule has 0 bridgehead atoms. The molecule has 0 atom stereocenters. The van der Waals surface area contributed by atoms with Crippen LogP contribution < -0.4 is 0 Å². The summed E-state index contributed by atoms with van der Waals surface area (Å²) in [4.78, 5) is 12.4. The zero-order chi connectivity index (χ0) is 16.0. The Bertz CT molecular complexity index is 334. The Balaban J connectivity index is 1.70. The Kier molecular flexibility index (Phi) is 6.77. The monoisotopic (exact) mass is 308 g/mol. The van der Waals surface area contributed by atoms with E-state index in [9.17, 15) is 4.79 Å². The minimum atomic E-state index is 0.109. The maximum atomic E-state index is 12.4. The van der Waals surface area contributed by atoms with Crippen molar-refractivity contribution in [2.45, 2.75) is 104 Å². The minimum Gasteiger partial charge on any atom is -0.462 e. The van der Waals surface area contributed by atoms with Gasteiger partial charge in [0.15, 0.2) is 0 Å². The van der Waals surface area contributed by atoms with Crippen LogP contribution in [0.15, 0.2) is 0 Å². The first-order chi connectivity index (χ1) is 10.6. The van der Waals surface area contributed by atoms with Crippen molar-refractivity contribution in [3.8, 4) is 0 Å². The molecule has 2 nitrogen and oxygen atoms in total. The lowest BCUT2D eigenvalue weighted by atomic mass is 9.69. The van der Waals surface area contributed by atoms with Crippen molar-refractivity contribution < 1.29 is 9.53 Å². The Morgan fingerprint density at radius 3 is 2.18 bits per heavy atom. The van der Waals surface area contributed by atoms with Crippen LogP contribution >= 0.6 is 0 Å². The number of rotatable bonds is 6. The SMILES string of the molecule is CCCC1CCC(OC(=O)C2CCC(C)(CCC)CC2)CC1. The highest BCUT2D eigenvalue weighted by atomic mass is 16.5. The smallest absolute Gasteiger partial charge is 0.309 e. The fourth-order valence-electron chi connectivity index (χ4n) is 4.61. The fourth-order valence-corrected chi connectivity index (χ4v) is 4.61. The number of hydrogen-bond donors (Lipinski definition) is 0. The highest BCUT2D eigenvalue weighted by Crippen LogP contribution is 2.42. The molecule has 2 heteroatoms. The summed E-state index contributed by atoms with van der Waals surface area (Å²) in [5.74, 6) is 1.17. The van der Waals surface area contributed by atoms with Crippen molar-refractivity contribution >= 4 is 5.97 Å². The van der Waals surface area contributed by atoms with Crippen molar-refractivity contribution in [2.24, 2.45) is 17.3 Å². The third-order valence-corrected chi connectivity index (χ3v) is 6.15. The Morgan fingerprint density at radius 1 is 1.00 bits per heavy atom. The van der Waals surface area contributed by atoms with Crippen molar-refractivity contribution in [1.29, 1.82) is 0 Å². The van der Waals surface area contributed by atoms with Crippen LogP contribution in [0, 0.1) is 17.3 Å². The van der Waals surface area contributed by atoms with Gasteiger partial charge in [0.05, 0.1) is 5.92 Å². The van der Waals surface area contributed by atoms with E-state index in [-0.39, 0.29) is 18.0 Å². The van der Waals surface area contributed by atoms with Crippen LogP contribution in [0.2, 0.25) is 0 Å². The normalized spacial score (nSPS) is 36.0. The van der Waals surface area contributed by atoms with Crippen LogP contribution in [0.3, 0.4) is 0 Å². The second-order valence-electron chi connectivity index (χ2n) is 8.20. The molecular weight excluding hydrogens is 272 g/mol. The molecule has 0 radical (unpaired) electrons. The van der Waals surface area contributed by atoms with Gasteiger partial charge >= 0.3 is 5.97 Å². The van der Waals surface area contributed by atoms with Gasteiger partial charge in [-0.05, 0) is 69.1 Å². The summed E-state index contributed by atoms with van der Waals surface area (Å²) in [5.41, 5.74) is 0.476. The van der Waals surface area contributed by atoms with E-state index in [1.54, 1.807) is 0 Å². The predicted octanol–water partition coefficient (Wildman–Crippen LogP) is 5.89. The molecule has 0 amide bonds. The fraction of sp³-hybridized carbons (Fsp3) is 0.950. The van der Waals surface area contributed by atoms with E-state index in [1.807, 2.05) is 0 Å². The second-order valence-corrected chi connectivity index (χ2v) is 8.20. The number of carbonyl (C=O) groups excluding carboxylic acids is 1. The van der Waals surface area contributed by atoms with Gasteiger partial charge in [0.1, 0.15) is 6.10 Å². The molecule has 0 spiro atoms. The molecule has 0 N–H and O–H groups in total. The molecule has 2 aliphatic rings. The van der Waals surface area contributed by atoms with Gasteiger partial charge in [-0.2, -0.15) is 0 Å². The summed E-state index contributed by atoms with van der Waals surface area (Å²) in [6, 6.07) is 0. The number of ether oxygens (including phenoxy) is 1. The van der Waals surface area contributed by atoms with Crippen molar-refractivity contribution in [2.75, 3.05) is 0 Å². The van der Waals surface area contributed by atoms with E-state index >= 15 is 0 Å². The summed E-state index contributed by atoms with van der Waals surface area (Å²) in [6.45, 7) is 6.93. The van der Waals surface area contributed by atoms with Crippen molar-refractivity contribution in [1.82, 2.24) is 0 Å². The average Bonchev–Trinajstić information content (AvgIpc) is 2.50. The molecule has 22 heavy (non-hydrogen) atoms. The molecule has 0 saturated heterocycles. The molecule has 2 fully saturated rings. The first-order valence-corrected chi connectivity index (χ1v) is 9.77. The highest BCUT2D eigenvalue weighted by Gasteiger charge is 2.35. The Morgan fingerprint density at radius 2 is 1.64 bits per heavy atom. The summed E-state index contributed by atoms with van der Waals surface area (Å²) in [5, 5.41) is 0. The van der Waals surface area contributed by atoms with Gasteiger partial charge in [-0.3, -0.25) is 4.79 Å². The highest BCUT2D eigenvalue weighted by molar-refractivity contribution is 5.72. The van der Waals surface area contributed by atoms with Gasteiger partial charge in [-0.1, -0.05) is 40.0 Å². The lowest BCUT2D eigenvalue weighted by Crippen LogP contribution is -2.32. The summed E-state index contributed by atoms with van der Waals surface area (Å²) < 4.78 is 5.85. The second kappa shape index (κ2) is 8.36. The van der Waals surface area contributed by atoms with E-state index in [4.69, 9.17) is 4.74 Å². The molecule has 2 aliphatic carbocycles. The zero-order valence-corrected chi connectivity index (χ0v) is 15.0. The number of esters is 1. The first-order valence-electron chi connectivity index (χ1n) is 9.77.